The maximum absolute atomic E-state index is 6.18. The van der Waals surface area contributed by atoms with E-state index in [2.05, 4.69) is 21.9 Å². The van der Waals surface area contributed by atoms with Crippen LogP contribution in [0.25, 0.3) is 0 Å². The molecule has 1 aliphatic heterocycles. The van der Waals surface area contributed by atoms with Crippen LogP contribution < -0.4 is 5.73 Å². The maximum atomic E-state index is 6.18. The summed E-state index contributed by atoms with van der Waals surface area (Å²) in [6.07, 6.45) is 7.24. The summed E-state index contributed by atoms with van der Waals surface area (Å²) in [5, 5.41) is 4.64. The molecule has 0 atom stereocenters. The van der Waals surface area contributed by atoms with Crippen LogP contribution in [0.2, 0.25) is 0 Å². The number of rotatable bonds is 2. The zero-order chi connectivity index (χ0) is 14.8. The van der Waals surface area contributed by atoms with Gasteiger partial charge in [0.15, 0.2) is 5.96 Å². The molecule has 21 heavy (non-hydrogen) atoms. The molecule has 1 aromatic heterocycles. The molecule has 2 N–H and O–H groups in total. The van der Waals surface area contributed by atoms with Gasteiger partial charge in [0.2, 0.25) is 0 Å². The van der Waals surface area contributed by atoms with Gasteiger partial charge in [0, 0.05) is 20.1 Å². The minimum absolute atomic E-state index is 0.663. The molecule has 0 radical (unpaired) electrons. The molecule has 1 aliphatic carbocycles. The van der Waals surface area contributed by atoms with Gasteiger partial charge in [0.05, 0.1) is 17.9 Å². The predicted molar refractivity (Wildman–Crippen MR) is 85.1 cm³/mol. The molecule has 0 amide bonds. The molecule has 1 saturated heterocycles. The van der Waals surface area contributed by atoms with Crippen LogP contribution in [-0.4, -0.2) is 33.7 Å². The number of fused-ring (bicyclic) bond motifs is 1. The number of aromatic nitrogens is 2. The van der Waals surface area contributed by atoms with Crippen molar-refractivity contribution in [1.82, 2.24) is 14.7 Å². The standard InChI is InChI=1S/C16H27N5/c1-12-7-9-21(10-8-12)16(17)18-11-15-13-5-3-4-6-14(13)19-20(15)2/h12H,3-11H2,1-2H3,(H2,17,18). The second-order valence-corrected chi connectivity index (χ2v) is 6.55. The maximum Gasteiger partial charge on any atom is 0.191 e. The van der Waals surface area contributed by atoms with Crippen LogP contribution in [0.5, 0.6) is 0 Å². The number of hydrogen-bond acceptors (Lipinski definition) is 2. The summed E-state index contributed by atoms with van der Waals surface area (Å²) in [6, 6.07) is 0. The molecule has 5 heteroatoms. The first kappa shape index (κ1) is 14.4. The van der Waals surface area contributed by atoms with E-state index in [9.17, 15) is 0 Å². The van der Waals surface area contributed by atoms with Crippen molar-refractivity contribution >= 4 is 5.96 Å². The minimum atomic E-state index is 0.663. The molecule has 0 spiro atoms. The number of piperidine rings is 1. The zero-order valence-corrected chi connectivity index (χ0v) is 13.3. The van der Waals surface area contributed by atoms with E-state index in [1.165, 1.54) is 42.6 Å². The molecule has 0 unspecified atom stereocenters. The van der Waals surface area contributed by atoms with Crippen LogP contribution in [0, 0.1) is 5.92 Å². The number of guanidine groups is 1. The average molecular weight is 289 g/mol. The third-order valence-corrected chi connectivity index (χ3v) is 4.95. The Morgan fingerprint density at radius 3 is 2.76 bits per heavy atom. The van der Waals surface area contributed by atoms with Crippen LogP contribution in [0.15, 0.2) is 4.99 Å². The number of hydrogen-bond donors (Lipinski definition) is 1. The van der Waals surface area contributed by atoms with Gasteiger partial charge in [-0.2, -0.15) is 5.10 Å². The van der Waals surface area contributed by atoms with Crippen LogP contribution in [0.3, 0.4) is 0 Å². The van der Waals surface area contributed by atoms with Crippen LogP contribution in [0.4, 0.5) is 0 Å². The normalized spacial score (nSPS) is 20.7. The lowest BCUT2D eigenvalue weighted by molar-refractivity contribution is 0.277. The Balaban J connectivity index is 1.69. The summed E-state index contributed by atoms with van der Waals surface area (Å²) in [7, 11) is 2.03. The fourth-order valence-electron chi connectivity index (χ4n) is 3.44. The van der Waals surface area contributed by atoms with Crippen molar-refractivity contribution < 1.29 is 0 Å². The highest BCUT2D eigenvalue weighted by atomic mass is 15.3. The Morgan fingerprint density at radius 1 is 1.29 bits per heavy atom. The number of aryl methyl sites for hydroxylation is 2. The SMILES string of the molecule is CC1CCN(C(N)=NCc2c3c(nn2C)CCCC3)CC1. The van der Waals surface area contributed by atoms with Gasteiger partial charge in [-0.25, -0.2) is 4.99 Å². The third kappa shape index (κ3) is 3.06. The van der Waals surface area contributed by atoms with Gasteiger partial charge in [-0.1, -0.05) is 6.92 Å². The zero-order valence-electron chi connectivity index (χ0n) is 13.3. The van der Waals surface area contributed by atoms with Gasteiger partial charge in [-0.05, 0) is 50.0 Å². The molecule has 116 valence electrons. The van der Waals surface area contributed by atoms with Crippen molar-refractivity contribution in [3.8, 4) is 0 Å². The van der Waals surface area contributed by atoms with E-state index >= 15 is 0 Å². The molecule has 2 heterocycles. The van der Waals surface area contributed by atoms with E-state index in [0.717, 1.165) is 31.8 Å². The fraction of sp³-hybridized carbons (Fsp3) is 0.750. The molecule has 0 aromatic carbocycles. The Bertz CT molecular complexity index is 523. The summed E-state index contributed by atoms with van der Waals surface area (Å²) < 4.78 is 2.01. The summed E-state index contributed by atoms with van der Waals surface area (Å²) in [5.74, 6) is 1.52. The number of aliphatic imine (C=N–C) groups is 1. The summed E-state index contributed by atoms with van der Waals surface area (Å²) in [4.78, 5) is 6.87. The highest BCUT2D eigenvalue weighted by Gasteiger charge is 2.20. The number of nitrogens with zero attached hydrogens (tertiary/aromatic N) is 4. The Morgan fingerprint density at radius 2 is 2.00 bits per heavy atom. The van der Waals surface area contributed by atoms with Gasteiger partial charge in [0.1, 0.15) is 0 Å². The summed E-state index contributed by atoms with van der Waals surface area (Å²) in [6.45, 7) is 5.06. The minimum Gasteiger partial charge on any atom is -0.370 e. The molecule has 1 fully saturated rings. The van der Waals surface area contributed by atoms with Crippen molar-refractivity contribution in [1.29, 1.82) is 0 Å². The first-order chi connectivity index (χ1) is 10.1. The van der Waals surface area contributed by atoms with Crippen LogP contribution >= 0.6 is 0 Å². The molecular weight excluding hydrogens is 262 g/mol. The Labute approximate surface area is 127 Å². The van der Waals surface area contributed by atoms with E-state index < -0.39 is 0 Å². The third-order valence-electron chi connectivity index (χ3n) is 4.95. The smallest absolute Gasteiger partial charge is 0.191 e. The Kier molecular flexibility index (Phi) is 4.17. The molecule has 2 aliphatic rings. The average Bonchev–Trinajstić information content (AvgIpc) is 2.81. The van der Waals surface area contributed by atoms with Crippen molar-refractivity contribution in [2.75, 3.05) is 13.1 Å². The van der Waals surface area contributed by atoms with Gasteiger partial charge in [0.25, 0.3) is 0 Å². The molecule has 0 saturated carbocycles. The lowest BCUT2D eigenvalue weighted by Crippen LogP contribution is -2.42. The molecule has 3 rings (SSSR count). The number of likely N-dealkylation sites (tertiary alicyclic amines) is 1. The predicted octanol–water partition coefficient (Wildman–Crippen LogP) is 1.85. The van der Waals surface area contributed by atoms with Crippen molar-refractivity contribution in [3.63, 3.8) is 0 Å². The van der Waals surface area contributed by atoms with Gasteiger partial charge >= 0.3 is 0 Å². The van der Waals surface area contributed by atoms with Gasteiger partial charge < -0.3 is 10.6 Å². The summed E-state index contributed by atoms with van der Waals surface area (Å²) in [5.41, 5.74) is 10.1. The first-order valence-corrected chi connectivity index (χ1v) is 8.23. The van der Waals surface area contributed by atoms with Gasteiger partial charge in [-0.3, -0.25) is 4.68 Å². The second kappa shape index (κ2) is 6.08. The van der Waals surface area contributed by atoms with Gasteiger partial charge in [-0.15, -0.1) is 0 Å². The van der Waals surface area contributed by atoms with E-state index in [-0.39, 0.29) is 0 Å². The van der Waals surface area contributed by atoms with Crippen molar-refractivity contribution in [2.45, 2.75) is 52.0 Å². The number of nitrogens with two attached hydrogens (primary N) is 1. The van der Waals surface area contributed by atoms with Crippen LogP contribution in [-0.2, 0) is 26.4 Å². The molecule has 1 aromatic rings. The first-order valence-electron chi connectivity index (χ1n) is 8.23. The van der Waals surface area contributed by atoms with E-state index in [1.54, 1.807) is 0 Å². The quantitative estimate of drug-likeness (QED) is 0.667. The fourth-order valence-corrected chi connectivity index (χ4v) is 3.44. The molecule has 0 bridgehead atoms. The van der Waals surface area contributed by atoms with E-state index in [0.29, 0.717) is 12.5 Å². The molecule has 5 nitrogen and oxygen atoms in total. The topological polar surface area (TPSA) is 59.4 Å². The Hall–Kier alpha value is -1.52. The summed E-state index contributed by atoms with van der Waals surface area (Å²) >= 11 is 0. The highest BCUT2D eigenvalue weighted by molar-refractivity contribution is 5.78. The highest BCUT2D eigenvalue weighted by Crippen LogP contribution is 2.24. The largest absolute Gasteiger partial charge is 0.370 e. The monoisotopic (exact) mass is 289 g/mol. The molecular formula is C16H27N5. The van der Waals surface area contributed by atoms with E-state index in [4.69, 9.17) is 5.73 Å². The lowest BCUT2D eigenvalue weighted by atomic mass is 9.96. The van der Waals surface area contributed by atoms with Crippen molar-refractivity contribution in [3.05, 3.63) is 17.0 Å². The second-order valence-electron chi connectivity index (χ2n) is 6.55. The van der Waals surface area contributed by atoms with E-state index in [1.807, 2.05) is 11.7 Å². The lowest BCUT2D eigenvalue weighted by Gasteiger charge is -2.31. The van der Waals surface area contributed by atoms with Crippen LogP contribution in [0.1, 0.15) is 49.6 Å². The van der Waals surface area contributed by atoms with Crippen molar-refractivity contribution in [2.24, 2.45) is 23.7 Å².